The van der Waals surface area contributed by atoms with E-state index in [4.69, 9.17) is 16.3 Å². The topological polar surface area (TPSA) is 88.1 Å². The molecule has 2 aromatic rings. The fraction of sp³-hybridized carbons (Fsp3) is 0.300. The van der Waals surface area contributed by atoms with E-state index in [1.54, 1.807) is 18.2 Å². The number of rotatable bonds is 6. The van der Waals surface area contributed by atoms with Crippen molar-refractivity contribution in [2.45, 2.75) is 24.7 Å². The van der Waals surface area contributed by atoms with Crippen molar-refractivity contribution in [3.63, 3.8) is 0 Å². The third kappa shape index (κ3) is 5.48. The molecule has 0 atom stereocenters. The number of benzene rings is 2. The van der Waals surface area contributed by atoms with Crippen molar-refractivity contribution < 1.29 is 17.9 Å². The third-order valence-corrected chi connectivity index (χ3v) is 6.05. The minimum atomic E-state index is -3.78. The van der Waals surface area contributed by atoms with E-state index in [-0.39, 0.29) is 17.4 Å². The summed E-state index contributed by atoms with van der Waals surface area (Å²) in [5, 5.41) is 3.27. The number of hydrogen-bond donors (Lipinski definition) is 1. The normalized spacial score (nSPS) is 15.6. The summed E-state index contributed by atoms with van der Waals surface area (Å²) in [5.74, 6) is 0.779. The maximum Gasteiger partial charge on any atom is 0.283 e. The minimum absolute atomic E-state index is 0.0799. The molecule has 154 valence electrons. The van der Waals surface area contributed by atoms with Gasteiger partial charge in [-0.3, -0.25) is 4.79 Å². The van der Waals surface area contributed by atoms with E-state index in [9.17, 15) is 13.2 Å². The molecular formula is C20H22ClN3O4S. The molecule has 1 aliphatic heterocycles. The van der Waals surface area contributed by atoms with Gasteiger partial charge < -0.3 is 15.0 Å². The highest BCUT2D eigenvalue weighted by atomic mass is 35.5. The van der Waals surface area contributed by atoms with Crippen LogP contribution < -0.4 is 10.1 Å². The van der Waals surface area contributed by atoms with Crippen LogP contribution in [0.1, 0.15) is 18.4 Å². The lowest BCUT2D eigenvalue weighted by molar-refractivity contribution is -0.118. The zero-order chi connectivity index (χ0) is 21.0. The van der Waals surface area contributed by atoms with Gasteiger partial charge in [0, 0.05) is 30.7 Å². The van der Waals surface area contributed by atoms with Crippen LogP contribution in [0.3, 0.4) is 0 Å². The molecule has 1 fully saturated rings. The van der Waals surface area contributed by atoms with Crippen molar-refractivity contribution in [2.24, 2.45) is 4.40 Å². The molecule has 0 aromatic heterocycles. The van der Waals surface area contributed by atoms with Crippen LogP contribution in [0, 0.1) is 6.92 Å². The lowest BCUT2D eigenvalue weighted by Gasteiger charge is -2.11. The first-order chi connectivity index (χ1) is 13.7. The van der Waals surface area contributed by atoms with Gasteiger partial charge in [0.25, 0.3) is 15.9 Å². The Morgan fingerprint density at radius 1 is 1.24 bits per heavy atom. The fourth-order valence-corrected chi connectivity index (χ4v) is 4.25. The van der Waals surface area contributed by atoms with Crippen LogP contribution in [0.2, 0.25) is 5.02 Å². The van der Waals surface area contributed by atoms with Gasteiger partial charge in [-0.2, -0.15) is 8.42 Å². The number of nitrogens with one attached hydrogen (secondary N) is 1. The molecule has 1 amide bonds. The van der Waals surface area contributed by atoms with Gasteiger partial charge in [0.15, 0.2) is 6.61 Å². The molecule has 7 nitrogen and oxygen atoms in total. The van der Waals surface area contributed by atoms with Crippen molar-refractivity contribution in [1.82, 2.24) is 4.90 Å². The van der Waals surface area contributed by atoms with Crippen LogP contribution in [-0.2, 0) is 14.8 Å². The minimum Gasteiger partial charge on any atom is -0.483 e. The van der Waals surface area contributed by atoms with Gasteiger partial charge in [-0.1, -0.05) is 11.6 Å². The third-order valence-electron chi connectivity index (χ3n) is 4.49. The van der Waals surface area contributed by atoms with Gasteiger partial charge in [-0.05, 0) is 61.4 Å². The summed E-state index contributed by atoms with van der Waals surface area (Å²) in [7, 11) is -1.95. The van der Waals surface area contributed by atoms with E-state index in [0.717, 1.165) is 18.5 Å². The first-order valence-corrected chi connectivity index (χ1v) is 10.9. The van der Waals surface area contributed by atoms with Gasteiger partial charge in [0.2, 0.25) is 0 Å². The Kier molecular flexibility index (Phi) is 6.44. The van der Waals surface area contributed by atoms with Crippen LogP contribution in [0.25, 0.3) is 0 Å². The van der Waals surface area contributed by atoms with E-state index < -0.39 is 10.0 Å². The van der Waals surface area contributed by atoms with Crippen molar-refractivity contribution >= 4 is 39.1 Å². The van der Waals surface area contributed by atoms with Gasteiger partial charge in [0.05, 0.1) is 4.90 Å². The number of anilines is 1. The van der Waals surface area contributed by atoms with Gasteiger partial charge in [-0.15, -0.1) is 4.40 Å². The molecule has 0 radical (unpaired) electrons. The van der Waals surface area contributed by atoms with E-state index in [0.29, 0.717) is 28.7 Å². The number of hydrogen-bond acceptors (Lipinski definition) is 4. The van der Waals surface area contributed by atoms with E-state index in [1.807, 2.05) is 18.9 Å². The zero-order valence-corrected chi connectivity index (χ0v) is 17.8. The molecule has 0 spiro atoms. The smallest absolute Gasteiger partial charge is 0.283 e. The highest BCUT2D eigenvalue weighted by molar-refractivity contribution is 7.90. The Morgan fingerprint density at radius 3 is 2.59 bits per heavy atom. The lowest BCUT2D eigenvalue weighted by Crippen LogP contribution is -2.21. The van der Waals surface area contributed by atoms with Crippen molar-refractivity contribution in [3.8, 4) is 5.75 Å². The highest BCUT2D eigenvalue weighted by Gasteiger charge is 2.20. The maximum atomic E-state index is 12.5. The quantitative estimate of drug-likeness (QED) is 0.750. The molecule has 1 saturated heterocycles. The second kappa shape index (κ2) is 8.84. The molecule has 2 aromatic carbocycles. The number of amides is 1. The SMILES string of the molecule is Cc1cc(Cl)ccc1OCC(=O)Nc1ccc(S(=O)(=O)/N=C2\CCCN2C)cc1. The van der Waals surface area contributed by atoms with E-state index in [1.165, 1.54) is 24.3 Å². The van der Waals surface area contributed by atoms with Crippen molar-refractivity contribution in [3.05, 3.63) is 53.1 Å². The predicted octanol–water partition coefficient (Wildman–Crippen LogP) is 3.48. The predicted molar refractivity (Wildman–Crippen MR) is 113 cm³/mol. The number of carbonyl (C=O) groups excluding carboxylic acids is 1. The summed E-state index contributed by atoms with van der Waals surface area (Å²) in [5.41, 5.74) is 1.30. The summed E-state index contributed by atoms with van der Waals surface area (Å²) < 4.78 is 34.3. The second-order valence-electron chi connectivity index (χ2n) is 6.78. The average Bonchev–Trinajstić information content (AvgIpc) is 3.05. The Morgan fingerprint density at radius 2 is 1.97 bits per heavy atom. The number of aryl methyl sites for hydroxylation is 1. The Bertz CT molecular complexity index is 1040. The van der Waals surface area contributed by atoms with E-state index in [2.05, 4.69) is 9.71 Å². The highest BCUT2D eigenvalue weighted by Crippen LogP contribution is 2.22. The molecule has 0 aliphatic carbocycles. The molecule has 1 aliphatic rings. The number of ether oxygens (including phenoxy) is 1. The number of nitrogens with zero attached hydrogens (tertiary/aromatic N) is 2. The van der Waals surface area contributed by atoms with Gasteiger partial charge in [-0.25, -0.2) is 0 Å². The summed E-state index contributed by atoms with van der Waals surface area (Å²) in [4.78, 5) is 14.0. The standard InChI is InChI=1S/C20H22ClN3O4S/c1-14-12-15(21)5-10-18(14)28-13-20(25)22-16-6-8-17(9-7-16)29(26,27)23-19-4-3-11-24(19)2/h5-10,12H,3-4,11,13H2,1-2H3,(H,22,25)/b23-19+. The summed E-state index contributed by atoms with van der Waals surface area (Å²) >= 11 is 5.90. The van der Waals surface area contributed by atoms with Gasteiger partial charge >= 0.3 is 0 Å². The Balaban J connectivity index is 1.60. The van der Waals surface area contributed by atoms with Crippen LogP contribution in [0.5, 0.6) is 5.75 Å². The zero-order valence-electron chi connectivity index (χ0n) is 16.2. The molecule has 1 N–H and O–H groups in total. The summed E-state index contributed by atoms with van der Waals surface area (Å²) in [6, 6.07) is 11.0. The number of carbonyl (C=O) groups is 1. The van der Waals surface area contributed by atoms with Crippen LogP contribution >= 0.6 is 11.6 Å². The average molecular weight is 436 g/mol. The Hall–Kier alpha value is -2.58. The molecule has 29 heavy (non-hydrogen) atoms. The number of sulfonamides is 1. The first kappa shape index (κ1) is 21.1. The first-order valence-electron chi connectivity index (χ1n) is 9.08. The molecular weight excluding hydrogens is 414 g/mol. The van der Waals surface area contributed by atoms with Gasteiger partial charge in [0.1, 0.15) is 11.6 Å². The number of amidine groups is 1. The van der Waals surface area contributed by atoms with Crippen LogP contribution in [0.15, 0.2) is 51.8 Å². The van der Waals surface area contributed by atoms with Crippen LogP contribution in [-0.4, -0.2) is 45.3 Å². The lowest BCUT2D eigenvalue weighted by atomic mass is 10.2. The Labute approximate surface area is 175 Å². The van der Waals surface area contributed by atoms with Crippen LogP contribution in [0.4, 0.5) is 5.69 Å². The van der Waals surface area contributed by atoms with E-state index >= 15 is 0 Å². The summed E-state index contributed by atoms with van der Waals surface area (Å²) in [6.07, 6.45) is 1.55. The molecule has 0 saturated carbocycles. The number of likely N-dealkylation sites (tertiary alicyclic amines) is 1. The number of halogens is 1. The maximum absolute atomic E-state index is 12.5. The second-order valence-corrected chi connectivity index (χ2v) is 8.82. The monoisotopic (exact) mass is 435 g/mol. The van der Waals surface area contributed by atoms with Crippen molar-refractivity contribution in [1.29, 1.82) is 0 Å². The van der Waals surface area contributed by atoms with Crippen molar-refractivity contribution in [2.75, 3.05) is 25.5 Å². The summed E-state index contributed by atoms with van der Waals surface area (Å²) in [6.45, 7) is 2.46. The largest absolute Gasteiger partial charge is 0.483 e. The molecule has 1 heterocycles. The molecule has 9 heteroatoms. The molecule has 3 rings (SSSR count). The molecule has 0 unspecified atom stereocenters. The fourth-order valence-electron chi connectivity index (χ4n) is 2.93. The molecule has 0 bridgehead atoms.